The zero-order valence-corrected chi connectivity index (χ0v) is 11.9. The molecule has 5 nitrogen and oxygen atoms in total. The molecule has 0 fully saturated rings. The lowest BCUT2D eigenvalue weighted by Crippen LogP contribution is -2.27. The van der Waals surface area contributed by atoms with Gasteiger partial charge in [-0.25, -0.2) is 4.79 Å². The highest BCUT2D eigenvalue weighted by molar-refractivity contribution is 5.89. The first kappa shape index (κ1) is 15.0. The number of ether oxygens (including phenoxy) is 2. The number of benzene rings is 1. The number of hydrogen-bond acceptors (Lipinski definition) is 4. The summed E-state index contributed by atoms with van der Waals surface area (Å²) < 4.78 is 10.3. The van der Waals surface area contributed by atoms with Crippen LogP contribution < -0.4 is 10.1 Å². The number of hydrogen-bond donors (Lipinski definition) is 1. The van der Waals surface area contributed by atoms with E-state index in [1.54, 1.807) is 39.8 Å². The summed E-state index contributed by atoms with van der Waals surface area (Å²) in [6.45, 7) is 7.13. The SMILES string of the molecule is COc1cc(C=O)cc(NC(=O)OC(C)(C)C)c1C. The van der Waals surface area contributed by atoms with Crippen molar-refractivity contribution in [2.24, 2.45) is 0 Å². The number of carbonyl (C=O) groups excluding carboxylic acids is 2. The van der Waals surface area contributed by atoms with Crippen LogP contribution in [0.25, 0.3) is 0 Å². The molecule has 0 spiro atoms. The van der Waals surface area contributed by atoms with Gasteiger partial charge in [-0.2, -0.15) is 0 Å². The van der Waals surface area contributed by atoms with Crippen LogP contribution in [0.4, 0.5) is 10.5 Å². The highest BCUT2D eigenvalue weighted by Gasteiger charge is 2.18. The fraction of sp³-hybridized carbons (Fsp3) is 0.429. The molecule has 19 heavy (non-hydrogen) atoms. The standard InChI is InChI=1S/C14H19NO4/c1-9-11(15-13(17)19-14(2,3)4)6-10(8-16)7-12(9)18-5/h6-8H,1-5H3,(H,15,17). The molecular weight excluding hydrogens is 246 g/mol. The van der Waals surface area contributed by atoms with Gasteiger partial charge in [0, 0.05) is 11.1 Å². The summed E-state index contributed by atoms with van der Waals surface area (Å²) in [6, 6.07) is 3.19. The van der Waals surface area contributed by atoms with E-state index in [1.807, 2.05) is 0 Å². The number of aldehydes is 1. The van der Waals surface area contributed by atoms with E-state index in [2.05, 4.69) is 5.32 Å². The van der Waals surface area contributed by atoms with Crippen LogP contribution in [-0.4, -0.2) is 25.1 Å². The van der Waals surface area contributed by atoms with Gasteiger partial charge < -0.3 is 9.47 Å². The summed E-state index contributed by atoms with van der Waals surface area (Å²) in [5.74, 6) is 0.538. The Morgan fingerprint density at radius 3 is 2.42 bits per heavy atom. The Hall–Kier alpha value is -2.04. The second kappa shape index (κ2) is 5.73. The lowest BCUT2D eigenvalue weighted by Gasteiger charge is -2.20. The van der Waals surface area contributed by atoms with Crippen LogP contribution in [0.1, 0.15) is 36.7 Å². The molecule has 1 rings (SSSR count). The topological polar surface area (TPSA) is 64.6 Å². The van der Waals surface area contributed by atoms with E-state index in [0.717, 1.165) is 5.56 Å². The molecule has 1 aromatic carbocycles. The van der Waals surface area contributed by atoms with Gasteiger partial charge in [0.15, 0.2) is 0 Å². The molecule has 0 atom stereocenters. The predicted molar refractivity (Wildman–Crippen MR) is 73.0 cm³/mol. The molecule has 0 saturated carbocycles. The van der Waals surface area contributed by atoms with E-state index >= 15 is 0 Å². The lowest BCUT2D eigenvalue weighted by atomic mass is 10.1. The minimum Gasteiger partial charge on any atom is -0.496 e. The van der Waals surface area contributed by atoms with Crippen molar-refractivity contribution < 1.29 is 19.1 Å². The Kier molecular flexibility index (Phi) is 4.53. The van der Waals surface area contributed by atoms with Crippen molar-refractivity contribution in [3.05, 3.63) is 23.3 Å². The highest BCUT2D eigenvalue weighted by atomic mass is 16.6. The molecule has 0 aromatic heterocycles. The van der Waals surface area contributed by atoms with Gasteiger partial charge in [-0.3, -0.25) is 10.1 Å². The number of amides is 1. The van der Waals surface area contributed by atoms with Gasteiger partial charge in [0.2, 0.25) is 0 Å². The van der Waals surface area contributed by atoms with Gasteiger partial charge in [0.05, 0.1) is 12.8 Å². The lowest BCUT2D eigenvalue weighted by molar-refractivity contribution is 0.0635. The molecule has 0 aliphatic carbocycles. The van der Waals surface area contributed by atoms with Gasteiger partial charge >= 0.3 is 6.09 Å². The minimum absolute atomic E-state index is 0.425. The molecule has 0 aliphatic rings. The minimum atomic E-state index is -0.579. The molecule has 1 N–H and O–H groups in total. The Balaban J connectivity index is 3.00. The molecular formula is C14H19NO4. The Morgan fingerprint density at radius 2 is 1.95 bits per heavy atom. The van der Waals surface area contributed by atoms with Gasteiger partial charge in [-0.15, -0.1) is 0 Å². The van der Waals surface area contributed by atoms with Crippen molar-refractivity contribution in [3.8, 4) is 5.75 Å². The van der Waals surface area contributed by atoms with E-state index in [0.29, 0.717) is 23.3 Å². The zero-order chi connectivity index (χ0) is 14.6. The first-order chi connectivity index (χ1) is 8.76. The Bertz CT molecular complexity index is 489. The van der Waals surface area contributed by atoms with Crippen LogP contribution in [0.3, 0.4) is 0 Å². The summed E-state index contributed by atoms with van der Waals surface area (Å²) in [6.07, 6.45) is 0.128. The van der Waals surface area contributed by atoms with Crippen molar-refractivity contribution in [3.63, 3.8) is 0 Å². The van der Waals surface area contributed by atoms with Crippen molar-refractivity contribution in [1.29, 1.82) is 0 Å². The third kappa shape index (κ3) is 4.28. The van der Waals surface area contributed by atoms with E-state index < -0.39 is 11.7 Å². The van der Waals surface area contributed by atoms with Crippen LogP contribution in [0.2, 0.25) is 0 Å². The molecule has 0 bridgehead atoms. The average Bonchev–Trinajstić information content (AvgIpc) is 2.29. The largest absolute Gasteiger partial charge is 0.496 e. The van der Waals surface area contributed by atoms with Gasteiger partial charge in [0.25, 0.3) is 0 Å². The zero-order valence-electron chi connectivity index (χ0n) is 11.9. The van der Waals surface area contributed by atoms with Gasteiger partial charge in [0.1, 0.15) is 17.6 Å². The van der Waals surface area contributed by atoms with Crippen LogP contribution >= 0.6 is 0 Å². The molecule has 0 unspecified atom stereocenters. The van der Waals surface area contributed by atoms with E-state index in [-0.39, 0.29) is 0 Å². The number of nitrogens with one attached hydrogen (secondary N) is 1. The molecule has 1 aromatic rings. The Labute approximate surface area is 112 Å². The van der Waals surface area contributed by atoms with Crippen LogP contribution in [0.5, 0.6) is 5.75 Å². The predicted octanol–water partition coefficient (Wildman–Crippen LogP) is 3.16. The second-order valence-corrected chi connectivity index (χ2v) is 5.14. The molecule has 5 heteroatoms. The van der Waals surface area contributed by atoms with Gasteiger partial charge in [-0.1, -0.05) is 0 Å². The van der Waals surface area contributed by atoms with Crippen molar-refractivity contribution >= 4 is 18.1 Å². The number of rotatable bonds is 3. The summed E-state index contributed by atoms with van der Waals surface area (Å²) in [5.41, 5.74) is 1.08. The van der Waals surface area contributed by atoms with Crippen LogP contribution in [0, 0.1) is 6.92 Å². The van der Waals surface area contributed by atoms with Crippen LogP contribution in [-0.2, 0) is 4.74 Å². The molecule has 0 aliphatic heterocycles. The molecule has 104 valence electrons. The Morgan fingerprint density at radius 1 is 1.32 bits per heavy atom. The molecule has 0 saturated heterocycles. The second-order valence-electron chi connectivity index (χ2n) is 5.14. The number of anilines is 1. The molecule has 0 heterocycles. The van der Waals surface area contributed by atoms with Crippen molar-refractivity contribution in [2.45, 2.75) is 33.3 Å². The monoisotopic (exact) mass is 265 g/mol. The van der Waals surface area contributed by atoms with E-state index in [1.165, 1.54) is 7.11 Å². The summed E-state index contributed by atoms with van der Waals surface area (Å²) in [5, 5.41) is 2.62. The fourth-order valence-corrected chi connectivity index (χ4v) is 1.53. The summed E-state index contributed by atoms with van der Waals surface area (Å²) in [7, 11) is 1.51. The number of methoxy groups -OCH3 is 1. The average molecular weight is 265 g/mol. The number of carbonyl (C=O) groups is 2. The first-order valence-corrected chi connectivity index (χ1v) is 5.90. The van der Waals surface area contributed by atoms with Crippen LogP contribution in [0.15, 0.2) is 12.1 Å². The van der Waals surface area contributed by atoms with Gasteiger partial charge in [-0.05, 0) is 39.8 Å². The smallest absolute Gasteiger partial charge is 0.412 e. The third-order valence-corrected chi connectivity index (χ3v) is 2.37. The molecule has 1 amide bonds. The van der Waals surface area contributed by atoms with E-state index in [4.69, 9.17) is 9.47 Å². The van der Waals surface area contributed by atoms with Crippen molar-refractivity contribution in [1.82, 2.24) is 0 Å². The summed E-state index contributed by atoms with van der Waals surface area (Å²) >= 11 is 0. The highest BCUT2D eigenvalue weighted by Crippen LogP contribution is 2.27. The maximum Gasteiger partial charge on any atom is 0.412 e. The molecule has 0 radical (unpaired) electrons. The maximum atomic E-state index is 11.7. The quantitative estimate of drug-likeness (QED) is 0.852. The third-order valence-electron chi connectivity index (χ3n) is 2.37. The fourth-order valence-electron chi connectivity index (χ4n) is 1.53. The van der Waals surface area contributed by atoms with Crippen molar-refractivity contribution in [2.75, 3.05) is 12.4 Å². The summed E-state index contributed by atoms with van der Waals surface area (Å²) in [4.78, 5) is 22.6. The first-order valence-electron chi connectivity index (χ1n) is 5.90. The maximum absolute atomic E-state index is 11.7. The normalized spacial score (nSPS) is 10.8. The van der Waals surface area contributed by atoms with E-state index in [9.17, 15) is 9.59 Å².